The van der Waals surface area contributed by atoms with Gasteiger partial charge in [-0.2, -0.15) is 0 Å². The smallest absolute Gasteiger partial charge is 0.0970 e. The Balaban J connectivity index is 1.49. The van der Waals surface area contributed by atoms with Crippen LogP contribution < -0.4 is 0 Å². The number of halogens is 1. The van der Waals surface area contributed by atoms with Gasteiger partial charge in [-0.05, 0) is 57.4 Å². The van der Waals surface area contributed by atoms with E-state index < -0.39 is 0 Å². The molecule has 1 aliphatic carbocycles. The second kappa shape index (κ2) is 5.08. The molecule has 1 saturated carbocycles. The zero-order valence-electron chi connectivity index (χ0n) is 11.7. The Morgan fingerprint density at radius 3 is 2.95 bits per heavy atom. The van der Waals surface area contributed by atoms with Gasteiger partial charge >= 0.3 is 0 Å². The van der Waals surface area contributed by atoms with Crippen molar-refractivity contribution in [3.63, 3.8) is 0 Å². The van der Waals surface area contributed by atoms with Crippen LogP contribution in [0.15, 0.2) is 22.7 Å². The van der Waals surface area contributed by atoms with E-state index in [0.29, 0.717) is 5.92 Å². The molecule has 1 aromatic carbocycles. The van der Waals surface area contributed by atoms with Crippen LogP contribution in [0.5, 0.6) is 0 Å². The van der Waals surface area contributed by atoms with Gasteiger partial charge in [-0.25, -0.2) is 4.98 Å². The van der Waals surface area contributed by atoms with Crippen molar-refractivity contribution < 1.29 is 0 Å². The molecule has 2 aromatic rings. The van der Waals surface area contributed by atoms with Crippen molar-refractivity contribution >= 4 is 37.5 Å². The second-order valence-electron chi connectivity index (χ2n) is 6.22. The molecule has 1 aliphatic heterocycles. The summed E-state index contributed by atoms with van der Waals surface area (Å²) in [4.78, 5) is 7.56. The van der Waals surface area contributed by atoms with Crippen molar-refractivity contribution in [2.45, 2.75) is 50.6 Å². The van der Waals surface area contributed by atoms with Crippen LogP contribution in [-0.2, 0) is 0 Å². The first-order valence-electron chi connectivity index (χ1n) is 7.52. The van der Waals surface area contributed by atoms with Crippen LogP contribution in [0.1, 0.15) is 43.5 Å². The number of rotatable bonds is 2. The molecule has 1 saturated heterocycles. The molecule has 0 amide bonds. The predicted octanol–water partition coefficient (Wildman–Crippen LogP) is 4.79. The highest BCUT2D eigenvalue weighted by Gasteiger charge is 2.39. The molecule has 2 fully saturated rings. The standard InChI is InChI=1S/C16H19BrN2S/c1-10-3-2-6-19(10)13-7-11(8-13)16-18-14-5-4-12(17)9-15(14)20-16/h4-5,9-11,13H,2-3,6-8H2,1H3/t10-,11-,13+/m0/s1. The zero-order valence-corrected chi connectivity index (χ0v) is 14.1. The molecule has 106 valence electrons. The SMILES string of the molecule is C[C@H]1CCCN1[C@H]1C[C@@H](c2nc3ccc(Br)cc3s2)C1. The van der Waals surface area contributed by atoms with E-state index in [0.717, 1.165) is 22.1 Å². The van der Waals surface area contributed by atoms with Gasteiger partial charge < -0.3 is 0 Å². The minimum atomic E-state index is 0.698. The zero-order chi connectivity index (χ0) is 13.7. The number of likely N-dealkylation sites (tertiary alicyclic amines) is 1. The van der Waals surface area contributed by atoms with Gasteiger partial charge in [0.05, 0.1) is 15.2 Å². The van der Waals surface area contributed by atoms with Crippen molar-refractivity contribution in [2.75, 3.05) is 6.54 Å². The molecule has 2 aliphatic rings. The maximum atomic E-state index is 4.84. The highest BCUT2D eigenvalue weighted by atomic mass is 79.9. The fraction of sp³-hybridized carbons (Fsp3) is 0.562. The first kappa shape index (κ1) is 13.2. The molecular weight excluding hydrogens is 332 g/mol. The topological polar surface area (TPSA) is 16.1 Å². The van der Waals surface area contributed by atoms with Crippen LogP contribution in [0.4, 0.5) is 0 Å². The van der Waals surface area contributed by atoms with E-state index in [2.05, 4.69) is 46.0 Å². The highest BCUT2D eigenvalue weighted by Crippen LogP contribution is 2.44. The van der Waals surface area contributed by atoms with Gasteiger partial charge in [0.15, 0.2) is 0 Å². The normalized spacial score (nSPS) is 30.8. The number of thiazole rings is 1. The predicted molar refractivity (Wildman–Crippen MR) is 88.5 cm³/mol. The quantitative estimate of drug-likeness (QED) is 0.773. The number of aromatic nitrogens is 1. The van der Waals surface area contributed by atoms with Gasteiger partial charge in [-0.3, -0.25) is 4.90 Å². The Hall–Kier alpha value is -0.450. The number of benzene rings is 1. The van der Waals surface area contributed by atoms with Gasteiger partial charge in [0.2, 0.25) is 0 Å². The molecule has 0 N–H and O–H groups in total. The largest absolute Gasteiger partial charge is 0.298 e. The van der Waals surface area contributed by atoms with E-state index in [9.17, 15) is 0 Å². The average Bonchev–Trinajstić information content (AvgIpc) is 2.94. The Bertz CT molecular complexity index is 632. The monoisotopic (exact) mass is 350 g/mol. The molecule has 0 spiro atoms. The Labute approximate surface area is 132 Å². The van der Waals surface area contributed by atoms with E-state index in [1.54, 1.807) is 0 Å². The van der Waals surface area contributed by atoms with E-state index in [1.165, 1.54) is 41.9 Å². The van der Waals surface area contributed by atoms with E-state index in [4.69, 9.17) is 4.98 Å². The van der Waals surface area contributed by atoms with Gasteiger partial charge in [-0.1, -0.05) is 15.9 Å². The first-order chi connectivity index (χ1) is 9.70. The number of hydrogen-bond donors (Lipinski definition) is 0. The third-order valence-corrected chi connectivity index (χ3v) is 6.58. The number of hydrogen-bond acceptors (Lipinski definition) is 3. The fourth-order valence-corrected chi connectivity index (χ4v) is 5.29. The van der Waals surface area contributed by atoms with Crippen LogP contribution in [0.3, 0.4) is 0 Å². The van der Waals surface area contributed by atoms with Crippen molar-refractivity contribution in [1.29, 1.82) is 0 Å². The molecule has 2 nitrogen and oxygen atoms in total. The van der Waals surface area contributed by atoms with Gasteiger partial charge in [-0.15, -0.1) is 11.3 Å². The van der Waals surface area contributed by atoms with Crippen molar-refractivity contribution in [3.05, 3.63) is 27.7 Å². The summed E-state index contributed by atoms with van der Waals surface area (Å²) in [6, 6.07) is 8.01. The van der Waals surface area contributed by atoms with Crippen molar-refractivity contribution in [3.8, 4) is 0 Å². The maximum absolute atomic E-state index is 4.84. The molecule has 0 unspecified atom stereocenters. The summed E-state index contributed by atoms with van der Waals surface area (Å²) in [5.74, 6) is 0.698. The lowest BCUT2D eigenvalue weighted by Gasteiger charge is -2.42. The molecule has 0 bridgehead atoms. The molecule has 1 aromatic heterocycles. The lowest BCUT2D eigenvalue weighted by molar-refractivity contribution is 0.103. The summed E-state index contributed by atoms with van der Waals surface area (Å²) in [7, 11) is 0. The number of nitrogens with zero attached hydrogens (tertiary/aromatic N) is 2. The fourth-order valence-electron chi connectivity index (χ4n) is 3.65. The van der Waals surface area contributed by atoms with Crippen LogP contribution in [0, 0.1) is 0 Å². The van der Waals surface area contributed by atoms with Gasteiger partial charge in [0.1, 0.15) is 0 Å². The summed E-state index contributed by atoms with van der Waals surface area (Å²) in [5, 5.41) is 1.35. The third kappa shape index (κ3) is 2.22. The molecule has 4 heteroatoms. The molecule has 20 heavy (non-hydrogen) atoms. The summed E-state index contributed by atoms with van der Waals surface area (Å²) in [5.41, 5.74) is 1.16. The van der Waals surface area contributed by atoms with Crippen LogP contribution in [0.2, 0.25) is 0 Å². The first-order valence-corrected chi connectivity index (χ1v) is 9.13. The summed E-state index contributed by atoms with van der Waals surface area (Å²) < 4.78 is 2.46. The van der Waals surface area contributed by atoms with E-state index in [1.807, 2.05) is 11.3 Å². The van der Waals surface area contributed by atoms with E-state index in [-0.39, 0.29) is 0 Å². The van der Waals surface area contributed by atoms with E-state index >= 15 is 0 Å². The molecule has 2 heterocycles. The summed E-state index contributed by atoms with van der Waals surface area (Å²) >= 11 is 5.42. The minimum absolute atomic E-state index is 0.698. The average molecular weight is 351 g/mol. The summed E-state index contributed by atoms with van der Waals surface area (Å²) in [6.07, 6.45) is 5.39. The van der Waals surface area contributed by atoms with Gasteiger partial charge in [0.25, 0.3) is 0 Å². The molecule has 4 rings (SSSR count). The summed E-state index contributed by atoms with van der Waals surface area (Å²) in [6.45, 7) is 3.70. The Morgan fingerprint density at radius 2 is 2.20 bits per heavy atom. The Morgan fingerprint density at radius 1 is 1.35 bits per heavy atom. The Kier molecular flexibility index (Phi) is 3.36. The number of fused-ring (bicyclic) bond motifs is 1. The third-order valence-electron chi connectivity index (χ3n) is 4.90. The van der Waals surface area contributed by atoms with Crippen LogP contribution in [-0.4, -0.2) is 28.5 Å². The lowest BCUT2D eigenvalue weighted by Crippen LogP contribution is -2.45. The minimum Gasteiger partial charge on any atom is -0.298 e. The lowest BCUT2D eigenvalue weighted by atomic mass is 9.79. The van der Waals surface area contributed by atoms with Crippen LogP contribution >= 0.6 is 27.3 Å². The highest BCUT2D eigenvalue weighted by molar-refractivity contribution is 9.10. The second-order valence-corrected chi connectivity index (χ2v) is 8.19. The van der Waals surface area contributed by atoms with Crippen LogP contribution in [0.25, 0.3) is 10.2 Å². The van der Waals surface area contributed by atoms with Gasteiger partial charge in [0, 0.05) is 22.5 Å². The molecule has 1 atom stereocenters. The van der Waals surface area contributed by atoms with Crippen molar-refractivity contribution in [2.24, 2.45) is 0 Å². The maximum Gasteiger partial charge on any atom is 0.0970 e. The molecule has 0 radical (unpaired) electrons. The molecular formula is C16H19BrN2S. The van der Waals surface area contributed by atoms with Crippen molar-refractivity contribution in [1.82, 2.24) is 9.88 Å².